The molecular weight excluding hydrogens is 522 g/mol. The van der Waals surface area contributed by atoms with Crippen molar-refractivity contribution in [2.45, 2.75) is 75.5 Å². The number of aliphatic imine (C=N–C) groups is 1. The number of aryl methyl sites for hydroxylation is 1. The van der Waals surface area contributed by atoms with Gasteiger partial charge >= 0.3 is 12.1 Å². The fourth-order valence-electron chi connectivity index (χ4n) is 3.74. The molecule has 2 aromatic carbocycles. The van der Waals surface area contributed by atoms with Crippen molar-refractivity contribution < 1.29 is 27.9 Å². The maximum Gasteiger partial charge on any atom is 0.408 e. The smallest absolute Gasteiger partial charge is 0.408 e. The standard InChI is InChI=1S/C21H26N4O6S.C6H13N/c1-15-9-11-17(12-10-15)32(29,30)25-20(22)23-13-5-8-18(19(26)27)24-21(28)31-14-16-6-3-2-4-7-16;7-6-4-2-1-3-5-6/h2-4,6-7,9-12,18H,5,8,13-14H2,1H3,(H,24,28)(H,26,27)(H3,22,23,25);6H,1-5,7H2/t18-;/m0./s1. The number of rotatable bonds is 10. The van der Waals surface area contributed by atoms with E-state index in [9.17, 15) is 23.1 Å². The number of carboxylic acid groups (broad SMARTS) is 1. The molecule has 1 saturated carbocycles. The first-order valence-corrected chi connectivity index (χ1v) is 14.4. The van der Waals surface area contributed by atoms with Crippen LogP contribution >= 0.6 is 0 Å². The van der Waals surface area contributed by atoms with Crippen LogP contribution in [-0.2, 0) is 26.2 Å². The minimum Gasteiger partial charge on any atom is -0.480 e. The number of aliphatic carboxylic acids is 1. The largest absolute Gasteiger partial charge is 0.480 e. The van der Waals surface area contributed by atoms with E-state index in [2.05, 4.69) is 15.0 Å². The van der Waals surface area contributed by atoms with E-state index in [1.165, 1.54) is 44.2 Å². The van der Waals surface area contributed by atoms with Crippen LogP contribution in [0.1, 0.15) is 56.1 Å². The van der Waals surface area contributed by atoms with Gasteiger partial charge < -0.3 is 26.6 Å². The number of amides is 1. The fraction of sp³-hybridized carbons (Fsp3) is 0.444. The summed E-state index contributed by atoms with van der Waals surface area (Å²) in [5, 5.41) is 11.6. The second-order valence-corrected chi connectivity index (χ2v) is 11.0. The summed E-state index contributed by atoms with van der Waals surface area (Å²) in [7, 11) is -3.86. The Morgan fingerprint density at radius 1 is 1.08 bits per heavy atom. The molecule has 214 valence electrons. The SMILES string of the molecule is Cc1ccc(S(=O)(=O)NC(N)=NCCC[C@H](NC(=O)OCc2ccccc2)C(=O)O)cc1.NC1CCCCC1. The number of alkyl carbamates (subject to hydrolysis) is 1. The van der Waals surface area contributed by atoms with Gasteiger partial charge in [0.25, 0.3) is 10.0 Å². The van der Waals surface area contributed by atoms with Crippen LogP contribution in [0, 0.1) is 6.92 Å². The molecule has 1 aliphatic carbocycles. The number of nitrogens with zero attached hydrogens (tertiary/aromatic N) is 1. The number of nitrogens with one attached hydrogen (secondary N) is 2. The van der Waals surface area contributed by atoms with Crippen LogP contribution < -0.4 is 21.5 Å². The zero-order chi connectivity index (χ0) is 28.7. The molecule has 12 heteroatoms. The molecule has 0 bridgehead atoms. The van der Waals surface area contributed by atoms with E-state index in [4.69, 9.17) is 16.2 Å². The topological polar surface area (TPSA) is 186 Å². The zero-order valence-corrected chi connectivity index (χ0v) is 23.0. The molecule has 1 fully saturated rings. The monoisotopic (exact) mass is 561 g/mol. The number of carbonyl (C=O) groups is 2. The Balaban J connectivity index is 0.000000658. The van der Waals surface area contributed by atoms with Crippen LogP contribution in [0.2, 0.25) is 0 Å². The molecule has 1 atom stereocenters. The van der Waals surface area contributed by atoms with E-state index in [1.54, 1.807) is 36.4 Å². The number of sulfonamides is 1. The third-order valence-corrected chi connectivity index (χ3v) is 7.33. The van der Waals surface area contributed by atoms with Crippen LogP contribution in [0.4, 0.5) is 4.79 Å². The Labute approximate surface area is 230 Å². The second kappa shape index (κ2) is 16.4. The first-order valence-electron chi connectivity index (χ1n) is 12.9. The van der Waals surface area contributed by atoms with Crippen LogP contribution in [-0.4, -0.2) is 50.2 Å². The third kappa shape index (κ3) is 12.6. The van der Waals surface area contributed by atoms with Crippen molar-refractivity contribution in [3.05, 3.63) is 65.7 Å². The van der Waals surface area contributed by atoms with Crippen molar-refractivity contribution in [1.82, 2.24) is 10.0 Å². The van der Waals surface area contributed by atoms with Gasteiger partial charge in [0, 0.05) is 12.6 Å². The lowest BCUT2D eigenvalue weighted by molar-refractivity contribution is -0.139. The Kier molecular flexibility index (Phi) is 13.2. The summed E-state index contributed by atoms with van der Waals surface area (Å²) in [5.41, 5.74) is 13.0. The van der Waals surface area contributed by atoms with Gasteiger partial charge in [0.05, 0.1) is 4.90 Å². The summed E-state index contributed by atoms with van der Waals surface area (Å²) in [6, 6.07) is 14.5. The molecule has 0 radical (unpaired) electrons. The van der Waals surface area contributed by atoms with Crippen LogP contribution in [0.25, 0.3) is 0 Å². The van der Waals surface area contributed by atoms with Crippen LogP contribution in [0.3, 0.4) is 0 Å². The second-order valence-electron chi connectivity index (χ2n) is 9.32. The van der Waals surface area contributed by atoms with Gasteiger partial charge in [-0.15, -0.1) is 0 Å². The molecule has 0 saturated heterocycles. The lowest BCUT2D eigenvalue weighted by atomic mass is 9.97. The molecular formula is C27H39N5O6S. The molecule has 0 aromatic heterocycles. The number of carbonyl (C=O) groups excluding carboxylic acids is 1. The molecule has 0 unspecified atom stereocenters. The number of carboxylic acids is 1. The molecule has 11 nitrogen and oxygen atoms in total. The van der Waals surface area contributed by atoms with Gasteiger partial charge in [0.15, 0.2) is 0 Å². The summed E-state index contributed by atoms with van der Waals surface area (Å²) >= 11 is 0. The van der Waals surface area contributed by atoms with E-state index in [0.29, 0.717) is 6.04 Å². The minimum absolute atomic E-state index is 0.0148. The van der Waals surface area contributed by atoms with E-state index in [-0.39, 0.29) is 36.8 Å². The average Bonchev–Trinajstić information content (AvgIpc) is 2.90. The first-order chi connectivity index (χ1) is 18.6. The highest BCUT2D eigenvalue weighted by atomic mass is 32.2. The van der Waals surface area contributed by atoms with E-state index >= 15 is 0 Å². The highest BCUT2D eigenvalue weighted by molar-refractivity contribution is 7.90. The summed E-state index contributed by atoms with van der Waals surface area (Å²) in [6.07, 6.45) is 6.10. The van der Waals surface area contributed by atoms with Crippen molar-refractivity contribution in [2.75, 3.05) is 6.54 Å². The van der Waals surface area contributed by atoms with Gasteiger partial charge in [0.2, 0.25) is 5.96 Å². The molecule has 0 aliphatic heterocycles. The molecule has 1 aliphatic rings. The predicted octanol–water partition coefficient (Wildman–Crippen LogP) is 3.03. The number of benzene rings is 2. The summed E-state index contributed by atoms with van der Waals surface area (Å²) in [4.78, 5) is 27.2. The predicted molar refractivity (Wildman–Crippen MR) is 149 cm³/mol. The van der Waals surface area contributed by atoms with E-state index < -0.39 is 28.1 Å². The Hall–Kier alpha value is -3.64. The Morgan fingerprint density at radius 2 is 1.72 bits per heavy atom. The normalized spacial score (nSPS) is 14.9. The summed E-state index contributed by atoms with van der Waals surface area (Å²) < 4.78 is 31.7. The van der Waals surface area contributed by atoms with E-state index in [0.717, 1.165) is 11.1 Å². The highest BCUT2D eigenvalue weighted by Gasteiger charge is 2.20. The number of ether oxygens (including phenoxy) is 1. The van der Waals surface area contributed by atoms with Crippen molar-refractivity contribution in [3.8, 4) is 0 Å². The van der Waals surface area contributed by atoms with Gasteiger partial charge in [-0.05, 0) is 50.3 Å². The summed E-state index contributed by atoms with van der Waals surface area (Å²) in [5.74, 6) is -1.54. The molecule has 2 aromatic rings. The quantitative estimate of drug-likeness (QED) is 0.166. The lowest BCUT2D eigenvalue weighted by Gasteiger charge is -2.15. The van der Waals surface area contributed by atoms with Gasteiger partial charge in [-0.25, -0.2) is 22.7 Å². The Bertz CT molecular complexity index is 1170. The Morgan fingerprint density at radius 3 is 2.28 bits per heavy atom. The van der Waals surface area contributed by atoms with Gasteiger partial charge in [-0.1, -0.05) is 67.3 Å². The van der Waals surface area contributed by atoms with E-state index in [1.807, 2.05) is 13.0 Å². The maximum absolute atomic E-state index is 12.3. The third-order valence-electron chi connectivity index (χ3n) is 5.96. The fourth-order valence-corrected chi connectivity index (χ4v) is 4.69. The molecule has 0 heterocycles. The molecule has 39 heavy (non-hydrogen) atoms. The van der Waals surface area contributed by atoms with Crippen LogP contribution in [0.15, 0.2) is 64.5 Å². The number of guanidine groups is 1. The highest BCUT2D eigenvalue weighted by Crippen LogP contribution is 2.15. The minimum atomic E-state index is -3.86. The van der Waals surface area contributed by atoms with Crippen molar-refractivity contribution >= 4 is 28.0 Å². The molecule has 7 N–H and O–H groups in total. The van der Waals surface area contributed by atoms with Crippen LogP contribution in [0.5, 0.6) is 0 Å². The first kappa shape index (κ1) is 31.6. The number of hydrogen-bond acceptors (Lipinski definition) is 7. The number of hydrogen-bond donors (Lipinski definition) is 5. The molecule has 0 spiro atoms. The van der Waals surface area contributed by atoms with Crippen molar-refractivity contribution in [3.63, 3.8) is 0 Å². The molecule has 3 rings (SSSR count). The molecule has 1 amide bonds. The van der Waals surface area contributed by atoms with Gasteiger partial charge in [-0.2, -0.15) is 0 Å². The number of nitrogens with two attached hydrogens (primary N) is 2. The van der Waals surface area contributed by atoms with Gasteiger partial charge in [-0.3, -0.25) is 4.99 Å². The lowest BCUT2D eigenvalue weighted by Crippen LogP contribution is -2.41. The summed E-state index contributed by atoms with van der Waals surface area (Å²) in [6.45, 7) is 1.91. The van der Waals surface area contributed by atoms with Crippen molar-refractivity contribution in [1.29, 1.82) is 0 Å². The average molecular weight is 562 g/mol. The van der Waals surface area contributed by atoms with Gasteiger partial charge in [0.1, 0.15) is 12.6 Å². The van der Waals surface area contributed by atoms with Crippen molar-refractivity contribution in [2.24, 2.45) is 16.5 Å². The maximum atomic E-state index is 12.3. The zero-order valence-electron chi connectivity index (χ0n) is 22.2.